The molecule has 0 bridgehead atoms. The summed E-state index contributed by atoms with van der Waals surface area (Å²) in [4.78, 5) is 21.0. The van der Waals surface area contributed by atoms with Crippen LogP contribution >= 0.6 is 15.9 Å². The molecule has 1 aromatic carbocycles. The summed E-state index contributed by atoms with van der Waals surface area (Å²) >= 11 is 3.57. The molecule has 1 aromatic rings. The molecule has 0 amide bonds. The molecule has 27 heavy (non-hydrogen) atoms. The van der Waals surface area contributed by atoms with E-state index in [0.29, 0.717) is 0 Å². The van der Waals surface area contributed by atoms with Crippen LogP contribution in [0.2, 0.25) is 0 Å². The maximum absolute atomic E-state index is 10.5. The summed E-state index contributed by atoms with van der Waals surface area (Å²) in [7, 11) is 0. The number of unbranched alkanes of at least 4 members (excludes halogenated alkanes) is 8. The molecule has 0 saturated carbocycles. The molecule has 0 atom stereocenters. The Morgan fingerprint density at radius 3 is 1.63 bits per heavy atom. The highest BCUT2D eigenvalue weighted by Crippen LogP contribution is 2.21. The van der Waals surface area contributed by atoms with Gasteiger partial charge in [0.1, 0.15) is 0 Å². The van der Waals surface area contributed by atoms with E-state index in [0.717, 1.165) is 81.5 Å². The lowest BCUT2D eigenvalue weighted by atomic mass is 9.96. The van der Waals surface area contributed by atoms with Gasteiger partial charge in [-0.3, -0.25) is 9.59 Å². The van der Waals surface area contributed by atoms with E-state index in [9.17, 15) is 9.59 Å². The van der Waals surface area contributed by atoms with E-state index in [4.69, 9.17) is 10.2 Å². The van der Waals surface area contributed by atoms with Crippen LogP contribution in [0.4, 0.5) is 0 Å². The van der Waals surface area contributed by atoms with Gasteiger partial charge in [0.05, 0.1) is 0 Å². The van der Waals surface area contributed by atoms with Gasteiger partial charge in [0, 0.05) is 17.3 Å². The van der Waals surface area contributed by atoms with E-state index in [1.165, 1.54) is 11.1 Å². The first-order chi connectivity index (χ1) is 13.0. The number of halogens is 1. The van der Waals surface area contributed by atoms with E-state index in [1.807, 2.05) is 0 Å². The number of carbonyl (C=O) groups is 2. The third-order valence-corrected chi connectivity index (χ3v) is 5.34. The minimum atomic E-state index is -0.698. The minimum Gasteiger partial charge on any atom is -0.481 e. The van der Waals surface area contributed by atoms with Gasteiger partial charge in [-0.1, -0.05) is 60.5 Å². The Morgan fingerprint density at radius 2 is 1.11 bits per heavy atom. The van der Waals surface area contributed by atoms with Crippen molar-refractivity contribution in [3.63, 3.8) is 0 Å². The Hall–Kier alpha value is -1.36. The van der Waals surface area contributed by atoms with Crippen molar-refractivity contribution in [2.75, 3.05) is 0 Å². The Bertz CT molecular complexity index is 571. The molecule has 0 heterocycles. The predicted molar refractivity (Wildman–Crippen MR) is 112 cm³/mol. The minimum absolute atomic E-state index is 0.284. The lowest BCUT2D eigenvalue weighted by Crippen LogP contribution is -1.97. The third kappa shape index (κ3) is 12.6. The van der Waals surface area contributed by atoms with Crippen LogP contribution in [0.15, 0.2) is 22.7 Å². The van der Waals surface area contributed by atoms with Crippen LogP contribution < -0.4 is 0 Å². The molecule has 0 spiro atoms. The normalized spacial score (nSPS) is 10.9. The summed E-state index contributed by atoms with van der Waals surface area (Å²) in [6, 6.07) is 6.56. The average Bonchev–Trinajstić information content (AvgIpc) is 2.61. The van der Waals surface area contributed by atoms with Crippen LogP contribution in [0, 0.1) is 0 Å². The number of benzene rings is 1. The maximum atomic E-state index is 10.5. The standard InChI is InChI=1S/C22H33BrO4/c23-20-16-15-18(11-7-3-1-5-9-13-21(24)25)19(17-20)12-8-4-2-6-10-14-22(26)27/h15-17H,1-14H2,(H,24,25)(H,26,27). The van der Waals surface area contributed by atoms with E-state index >= 15 is 0 Å². The Morgan fingerprint density at radius 1 is 0.667 bits per heavy atom. The zero-order valence-corrected chi connectivity index (χ0v) is 17.8. The summed E-state index contributed by atoms with van der Waals surface area (Å²) in [6.45, 7) is 0. The fraction of sp³-hybridized carbons (Fsp3) is 0.636. The largest absolute Gasteiger partial charge is 0.481 e. The number of carboxylic acids is 2. The summed E-state index contributed by atoms with van der Waals surface area (Å²) < 4.78 is 1.12. The molecule has 4 nitrogen and oxygen atoms in total. The number of carboxylic acid groups (broad SMARTS) is 2. The van der Waals surface area contributed by atoms with Crippen molar-refractivity contribution in [3.8, 4) is 0 Å². The molecule has 0 aliphatic heterocycles. The van der Waals surface area contributed by atoms with Gasteiger partial charge in [-0.2, -0.15) is 0 Å². The monoisotopic (exact) mass is 440 g/mol. The second kappa shape index (κ2) is 14.7. The highest BCUT2D eigenvalue weighted by Gasteiger charge is 2.05. The topological polar surface area (TPSA) is 74.6 Å². The van der Waals surface area contributed by atoms with E-state index in [-0.39, 0.29) is 12.8 Å². The van der Waals surface area contributed by atoms with Crippen LogP contribution in [0.25, 0.3) is 0 Å². The van der Waals surface area contributed by atoms with Crippen LogP contribution in [-0.2, 0) is 22.4 Å². The summed E-state index contributed by atoms with van der Waals surface area (Å²) in [5.41, 5.74) is 2.84. The van der Waals surface area contributed by atoms with Gasteiger partial charge in [0.25, 0.3) is 0 Å². The molecule has 0 saturated heterocycles. The van der Waals surface area contributed by atoms with E-state index in [1.54, 1.807) is 0 Å². The second-order valence-corrected chi connectivity index (χ2v) is 8.15. The molecule has 2 N–H and O–H groups in total. The number of hydrogen-bond acceptors (Lipinski definition) is 2. The summed E-state index contributed by atoms with van der Waals surface area (Å²) in [5, 5.41) is 17.3. The zero-order chi connectivity index (χ0) is 19.9. The molecule has 0 aliphatic rings. The first-order valence-corrected chi connectivity index (χ1v) is 11.0. The molecule has 152 valence electrons. The molecule has 0 aromatic heterocycles. The molecule has 5 heteroatoms. The first-order valence-electron chi connectivity index (χ1n) is 10.2. The zero-order valence-electron chi connectivity index (χ0n) is 16.2. The molecular weight excluding hydrogens is 408 g/mol. The Balaban J connectivity index is 2.25. The van der Waals surface area contributed by atoms with Gasteiger partial charge in [-0.25, -0.2) is 0 Å². The number of rotatable bonds is 16. The molecule has 0 radical (unpaired) electrons. The Labute approximate surface area is 171 Å². The van der Waals surface area contributed by atoms with Gasteiger partial charge in [0.2, 0.25) is 0 Å². The van der Waals surface area contributed by atoms with Crippen LogP contribution in [0.3, 0.4) is 0 Å². The van der Waals surface area contributed by atoms with Crippen molar-refractivity contribution in [2.24, 2.45) is 0 Å². The van der Waals surface area contributed by atoms with Gasteiger partial charge >= 0.3 is 11.9 Å². The van der Waals surface area contributed by atoms with Crippen LogP contribution in [-0.4, -0.2) is 22.2 Å². The van der Waals surface area contributed by atoms with E-state index in [2.05, 4.69) is 34.1 Å². The van der Waals surface area contributed by atoms with Crippen molar-refractivity contribution < 1.29 is 19.8 Å². The first kappa shape index (κ1) is 23.7. The highest BCUT2D eigenvalue weighted by molar-refractivity contribution is 9.10. The third-order valence-electron chi connectivity index (χ3n) is 4.84. The van der Waals surface area contributed by atoms with Crippen molar-refractivity contribution in [1.82, 2.24) is 0 Å². The van der Waals surface area contributed by atoms with Crippen LogP contribution in [0.1, 0.15) is 88.2 Å². The lowest BCUT2D eigenvalue weighted by Gasteiger charge is -2.11. The average molecular weight is 441 g/mol. The molecule has 0 fully saturated rings. The number of aliphatic carboxylic acids is 2. The molecular formula is C22H33BrO4. The van der Waals surface area contributed by atoms with E-state index < -0.39 is 11.9 Å². The van der Waals surface area contributed by atoms with Gasteiger partial charge in [0.15, 0.2) is 0 Å². The van der Waals surface area contributed by atoms with Crippen molar-refractivity contribution in [1.29, 1.82) is 0 Å². The number of hydrogen-bond donors (Lipinski definition) is 2. The smallest absolute Gasteiger partial charge is 0.303 e. The fourth-order valence-corrected chi connectivity index (χ4v) is 3.72. The molecule has 0 aliphatic carbocycles. The number of aryl methyl sites for hydroxylation is 2. The fourth-order valence-electron chi connectivity index (χ4n) is 3.32. The second-order valence-electron chi connectivity index (χ2n) is 7.24. The van der Waals surface area contributed by atoms with Crippen molar-refractivity contribution >= 4 is 27.9 Å². The van der Waals surface area contributed by atoms with Crippen molar-refractivity contribution in [3.05, 3.63) is 33.8 Å². The van der Waals surface area contributed by atoms with Crippen LogP contribution in [0.5, 0.6) is 0 Å². The van der Waals surface area contributed by atoms with Gasteiger partial charge in [-0.05, 0) is 61.8 Å². The van der Waals surface area contributed by atoms with Gasteiger partial charge in [-0.15, -0.1) is 0 Å². The quantitative estimate of drug-likeness (QED) is 0.292. The summed E-state index contributed by atoms with van der Waals surface area (Å²) in [5.74, 6) is -1.40. The predicted octanol–water partition coefficient (Wildman–Crippen LogP) is 6.38. The highest BCUT2D eigenvalue weighted by atomic mass is 79.9. The SMILES string of the molecule is O=C(O)CCCCCCCc1ccc(Br)cc1CCCCCCCC(=O)O. The molecule has 1 rings (SSSR count). The Kier molecular flexibility index (Phi) is 12.9. The van der Waals surface area contributed by atoms with Crippen molar-refractivity contribution in [2.45, 2.75) is 89.9 Å². The lowest BCUT2D eigenvalue weighted by molar-refractivity contribution is -0.138. The summed E-state index contributed by atoms with van der Waals surface area (Å²) in [6.07, 6.45) is 13.1. The molecule has 0 unspecified atom stereocenters. The van der Waals surface area contributed by atoms with Gasteiger partial charge < -0.3 is 10.2 Å². The maximum Gasteiger partial charge on any atom is 0.303 e.